The molecule has 0 spiro atoms. The summed E-state index contributed by atoms with van der Waals surface area (Å²) in [6, 6.07) is 7.17. The maximum absolute atomic E-state index is 11.3. The van der Waals surface area contributed by atoms with Gasteiger partial charge in [-0.1, -0.05) is 15.9 Å². The van der Waals surface area contributed by atoms with Gasteiger partial charge in [-0.3, -0.25) is 4.79 Å². The molecule has 3 heteroatoms. The first-order valence-corrected chi connectivity index (χ1v) is 4.52. The van der Waals surface area contributed by atoms with Crippen LogP contribution in [0, 0.1) is 0 Å². The zero-order valence-electron chi connectivity index (χ0n) is 7.16. The van der Waals surface area contributed by atoms with E-state index >= 15 is 0 Å². The number of hydrogen-bond donors (Lipinski definition) is 0. The van der Waals surface area contributed by atoms with E-state index in [1.165, 1.54) is 19.4 Å². The summed E-state index contributed by atoms with van der Waals surface area (Å²) >= 11 is 3.29. The maximum Gasteiger partial charge on any atom is 0.188 e. The van der Waals surface area contributed by atoms with Gasteiger partial charge in [0.25, 0.3) is 0 Å². The molecule has 0 N–H and O–H groups in total. The lowest BCUT2D eigenvalue weighted by Crippen LogP contribution is -1.93. The molecule has 68 valence electrons. The lowest BCUT2D eigenvalue weighted by molar-refractivity contribution is 0.104. The highest BCUT2D eigenvalue weighted by Crippen LogP contribution is 2.11. The molecule has 13 heavy (non-hydrogen) atoms. The van der Waals surface area contributed by atoms with E-state index in [1.54, 1.807) is 12.1 Å². The molecule has 0 saturated carbocycles. The van der Waals surface area contributed by atoms with Gasteiger partial charge in [0.2, 0.25) is 0 Å². The van der Waals surface area contributed by atoms with Crippen LogP contribution in [0.15, 0.2) is 41.1 Å². The number of carbonyl (C=O) groups excluding carboxylic acids is 1. The largest absolute Gasteiger partial charge is 0.504 e. The predicted octanol–water partition coefficient (Wildman–Crippen LogP) is 2.79. The van der Waals surface area contributed by atoms with Crippen molar-refractivity contribution in [3.8, 4) is 0 Å². The van der Waals surface area contributed by atoms with Crippen molar-refractivity contribution in [2.24, 2.45) is 0 Å². The van der Waals surface area contributed by atoms with Gasteiger partial charge in [-0.2, -0.15) is 0 Å². The molecule has 0 saturated heterocycles. The monoisotopic (exact) mass is 240 g/mol. The van der Waals surface area contributed by atoms with E-state index in [2.05, 4.69) is 20.7 Å². The topological polar surface area (TPSA) is 26.3 Å². The predicted molar refractivity (Wildman–Crippen MR) is 54.6 cm³/mol. The standard InChI is InChI=1S/C10H9BrO2/c1-13-7-6-10(12)8-2-4-9(11)5-3-8/h2-7H,1H3/b7-6+. The Labute approximate surface area is 85.3 Å². The van der Waals surface area contributed by atoms with Crippen LogP contribution in [-0.4, -0.2) is 12.9 Å². The van der Waals surface area contributed by atoms with Gasteiger partial charge in [-0.25, -0.2) is 0 Å². The van der Waals surface area contributed by atoms with Crippen molar-refractivity contribution < 1.29 is 9.53 Å². The van der Waals surface area contributed by atoms with E-state index < -0.39 is 0 Å². The Morgan fingerprint density at radius 2 is 2.00 bits per heavy atom. The van der Waals surface area contributed by atoms with Crippen molar-refractivity contribution in [3.05, 3.63) is 46.6 Å². The van der Waals surface area contributed by atoms with E-state index in [0.29, 0.717) is 5.56 Å². The van der Waals surface area contributed by atoms with Gasteiger partial charge in [0.05, 0.1) is 13.4 Å². The van der Waals surface area contributed by atoms with Gasteiger partial charge in [0.15, 0.2) is 5.78 Å². The molecule has 0 aliphatic rings. The normalized spacial score (nSPS) is 10.3. The molecule has 0 bridgehead atoms. The van der Waals surface area contributed by atoms with Crippen molar-refractivity contribution in [1.82, 2.24) is 0 Å². The van der Waals surface area contributed by atoms with E-state index in [-0.39, 0.29) is 5.78 Å². The molecule has 1 rings (SSSR count). The van der Waals surface area contributed by atoms with E-state index in [0.717, 1.165) is 4.47 Å². The second kappa shape index (κ2) is 4.82. The summed E-state index contributed by atoms with van der Waals surface area (Å²) in [4.78, 5) is 11.3. The molecule has 1 aromatic carbocycles. The van der Waals surface area contributed by atoms with Crippen molar-refractivity contribution >= 4 is 21.7 Å². The minimum Gasteiger partial charge on any atom is -0.504 e. The molecule has 0 aliphatic heterocycles. The SMILES string of the molecule is CO/C=C/C(=O)c1ccc(Br)cc1. The maximum atomic E-state index is 11.3. The molecule has 2 nitrogen and oxygen atoms in total. The Kier molecular flexibility index (Phi) is 3.71. The summed E-state index contributed by atoms with van der Waals surface area (Å²) in [7, 11) is 1.51. The first kappa shape index (κ1) is 9.99. The Morgan fingerprint density at radius 3 is 2.54 bits per heavy atom. The Balaban J connectivity index is 2.78. The van der Waals surface area contributed by atoms with Gasteiger partial charge < -0.3 is 4.74 Å². The molecular weight excluding hydrogens is 232 g/mol. The fourth-order valence-corrected chi connectivity index (χ4v) is 1.10. The second-order valence-corrected chi connectivity index (χ2v) is 3.33. The lowest BCUT2D eigenvalue weighted by Gasteiger charge is -1.95. The van der Waals surface area contributed by atoms with Crippen LogP contribution in [-0.2, 0) is 4.74 Å². The summed E-state index contributed by atoms with van der Waals surface area (Å²) < 4.78 is 5.61. The number of ketones is 1. The van der Waals surface area contributed by atoms with Crippen LogP contribution in [0.5, 0.6) is 0 Å². The number of rotatable bonds is 3. The van der Waals surface area contributed by atoms with E-state index in [1.807, 2.05) is 12.1 Å². The highest BCUT2D eigenvalue weighted by atomic mass is 79.9. The van der Waals surface area contributed by atoms with Crippen LogP contribution >= 0.6 is 15.9 Å². The summed E-state index contributed by atoms with van der Waals surface area (Å²) in [6.07, 6.45) is 2.76. The van der Waals surface area contributed by atoms with Gasteiger partial charge in [0.1, 0.15) is 0 Å². The smallest absolute Gasteiger partial charge is 0.188 e. The number of ether oxygens (including phenoxy) is 1. The zero-order chi connectivity index (χ0) is 9.68. The molecule has 0 fully saturated rings. The summed E-state index contributed by atoms with van der Waals surface area (Å²) in [5.41, 5.74) is 0.650. The molecule has 0 aromatic heterocycles. The molecule has 0 amide bonds. The molecule has 1 aromatic rings. The van der Waals surface area contributed by atoms with E-state index in [9.17, 15) is 4.79 Å². The third-order valence-corrected chi connectivity index (χ3v) is 2.01. The summed E-state index contributed by atoms with van der Waals surface area (Å²) in [5.74, 6) is -0.0608. The van der Waals surface area contributed by atoms with Crippen LogP contribution in [0.25, 0.3) is 0 Å². The van der Waals surface area contributed by atoms with Gasteiger partial charge in [-0.05, 0) is 24.3 Å². The summed E-state index contributed by atoms with van der Waals surface area (Å²) in [5, 5.41) is 0. The van der Waals surface area contributed by atoms with E-state index in [4.69, 9.17) is 0 Å². The molecule has 0 aliphatic carbocycles. The molecule has 0 heterocycles. The van der Waals surface area contributed by atoms with Crippen LogP contribution in [0.1, 0.15) is 10.4 Å². The Bertz CT molecular complexity index is 314. The highest BCUT2D eigenvalue weighted by Gasteiger charge is 1.99. The Hall–Kier alpha value is -1.09. The number of methoxy groups -OCH3 is 1. The number of benzene rings is 1. The Morgan fingerprint density at radius 1 is 1.38 bits per heavy atom. The molecule has 0 radical (unpaired) electrons. The number of hydrogen-bond acceptors (Lipinski definition) is 2. The fraction of sp³-hybridized carbons (Fsp3) is 0.100. The van der Waals surface area contributed by atoms with Gasteiger partial charge in [0, 0.05) is 16.1 Å². The average molecular weight is 241 g/mol. The third kappa shape index (κ3) is 3.03. The first-order chi connectivity index (χ1) is 6.24. The minimum absolute atomic E-state index is 0.0608. The van der Waals surface area contributed by atoms with Crippen molar-refractivity contribution in [1.29, 1.82) is 0 Å². The van der Waals surface area contributed by atoms with Crippen LogP contribution in [0.4, 0.5) is 0 Å². The fourth-order valence-electron chi connectivity index (χ4n) is 0.840. The number of halogens is 1. The second-order valence-electron chi connectivity index (χ2n) is 2.41. The minimum atomic E-state index is -0.0608. The third-order valence-electron chi connectivity index (χ3n) is 1.48. The summed E-state index contributed by atoms with van der Waals surface area (Å²) in [6.45, 7) is 0. The van der Waals surface area contributed by atoms with Crippen molar-refractivity contribution in [3.63, 3.8) is 0 Å². The number of allylic oxidation sites excluding steroid dienone is 1. The number of carbonyl (C=O) groups is 1. The van der Waals surface area contributed by atoms with Crippen LogP contribution < -0.4 is 0 Å². The van der Waals surface area contributed by atoms with Crippen LogP contribution in [0.2, 0.25) is 0 Å². The molecule has 0 atom stereocenters. The van der Waals surface area contributed by atoms with Crippen molar-refractivity contribution in [2.45, 2.75) is 0 Å². The zero-order valence-corrected chi connectivity index (χ0v) is 8.74. The molecule has 0 unspecified atom stereocenters. The van der Waals surface area contributed by atoms with Gasteiger partial charge in [-0.15, -0.1) is 0 Å². The van der Waals surface area contributed by atoms with Gasteiger partial charge >= 0.3 is 0 Å². The first-order valence-electron chi connectivity index (χ1n) is 3.73. The molecular formula is C10H9BrO2. The average Bonchev–Trinajstić information content (AvgIpc) is 2.15. The highest BCUT2D eigenvalue weighted by molar-refractivity contribution is 9.10. The quantitative estimate of drug-likeness (QED) is 0.462. The van der Waals surface area contributed by atoms with Crippen molar-refractivity contribution in [2.75, 3.05) is 7.11 Å². The lowest BCUT2D eigenvalue weighted by atomic mass is 10.1. The van der Waals surface area contributed by atoms with Crippen LogP contribution in [0.3, 0.4) is 0 Å².